The van der Waals surface area contributed by atoms with Crippen LogP contribution in [0.4, 0.5) is 5.69 Å². The van der Waals surface area contributed by atoms with Crippen LogP contribution in [0.1, 0.15) is 24.8 Å². The molecule has 9 nitrogen and oxygen atoms in total. The van der Waals surface area contributed by atoms with Crippen molar-refractivity contribution in [3.63, 3.8) is 0 Å². The number of rotatable bonds is 11. The lowest BCUT2D eigenvalue weighted by atomic mass is 10.2. The standard InChI is InChI=1S/C25H29ClN4O5/c1-17-10-11-20(19(26)15-17)28-23(32)16-30-21-8-4-3-7-18(21)24(33)29(25(30)34)13-5-9-22(31)27-12-6-14-35-2/h3-4,7-8,10-11,15H,5-6,9,12-14,16H2,1-2H3,(H,27,31)(H,28,32). The maximum absolute atomic E-state index is 13.2. The molecule has 0 aliphatic rings. The Morgan fingerprint density at radius 3 is 2.54 bits per heavy atom. The Labute approximate surface area is 207 Å². The molecule has 0 aliphatic carbocycles. The zero-order chi connectivity index (χ0) is 25.4. The molecule has 10 heteroatoms. The van der Waals surface area contributed by atoms with Crippen LogP contribution in [-0.4, -0.2) is 41.2 Å². The van der Waals surface area contributed by atoms with E-state index in [-0.39, 0.29) is 25.4 Å². The predicted octanol–water partition coefficient (Wildman–Crippen LogP) is 2.70. The van der Waals surface area contributed by atoms with Crippen LogP contribution in [0, 0.1) is 6.92 Å². The fourth-order valence-electron chi connectivity index (χ4n) is 3.71. The molecule has 0 unspecified atom stereocenters. The largest absolute Gasteiger partial charge is 0.385 e. The summed E-state index contributed by atoms with van der Waals surface area (Å²) in [5, 5.41) is 6.20. The Hall–Kier alpha value is -3.43. The van der Waals surface area contributed by atoms with Crippen molar-refractivity contribution < 1.29 is 14.3 Å². The summed E-state index contributed by atoms with van der Waals surface area (Å²) in [5.41, 5.74) is 0.680. The molecule has 35 heavy (non-hydrogen) atoms. The van der Waals surface area contributed by atoms with Gasteiger partial charge in [0.2, 0.25) is 11.8 Å². The van der Waals surface area contributed by atoms with Gasteiger partial charge in [0.15, 0.2) is 0 Å². The fourth-order valence-corrected chi connectivity index (χ4v) is 3.99. The molecule has 2 amide bonds. The maximum atomic E-state index is 13.2. The molecule has 0 fully saturated rings. The van der Waals surface area contributed by atoms with Crippen LogP contribution < -0.4 is 21.9 Å². The van der Waals surface area contributed by atoms with Gasteiger partial charge in [-0.3, -0.25) is 23.5 Å². The summed E-state index contributed by atoms with van der Waals surface area (Å²) in [7, 11) is 1.59. The molecule has 3 aromatic rings. The van der Waals surface area contributed by atoms with Gasteiger partial charge in [-0.1, -0.05) is 29.8 Å². The number of halogens is 1. The van der Waals surface area contributed by atoms with Gasteiger partial charge in [-0.25, -0.2) is 4.79 Å². The molecule has 3 rings (SSSR count). The molecule has 2 aromatic carbocycles. The van der Waals surface area contributed by atoms with E-state index in [1.165, 1.54) is 4.57 Å². The van der Waals surface area contributed by atoms with Crippen molar-refractivity contribution in [3.05, 3.63) is 73.9 Å². The lowest BCUT2D eigenvalue weighted by Crippen LogP contribution is -2.42. The van der Waals surface area contributed by atoms with E-state index in [2.05, 4.69) is 10.6 Å². The van der Waals surface area contributed by atoms with Gasteiger partial charge >= 0.3 is 5.69 Å². The maximum Gasteiger partial charge on any atom is 0.331 e. The predicted molar refractivity (Wildman–Crippen MR) is 136 cm³/mol. The number of hydrogen-bond donors (Lipinski definition) is 2. The molecular formula is C25H29ClN4O5. The molecule has 0 aliphatic heterocycles. The Morgan fingerprint density at radius 2 is 1.80 bits per heavy atom. The number of fused-ring (bicyclic) bond motifs is 1. The number of carbonyl (C=O) groups is 2. The zero-order valence-electron chi connectivity index (χ0n) is 19.8. The van der Waals surface area contributed by atoms with Gasteiger partial charge in [0, 0.05) is 33.2 Å². The highest BCUT2D eigenvalue weighted by Crippen LogP contribution is 2.22. The van der Waals surface area contributed by atoms with E-state index in [0.29, 0.717) is 47.6 Å². The molecule has 0 bridgehead atoms. The third-order valence-electron chi connectivity index (χ3n) is 5.47. The molecule has 0 radical (unpaired) electrons. The molecule has 0 atom stereocenters. The number of anilines is 1. The molecule has 2 N–H and O–H groups in total. The Morgan fingerprint density at radius 1 is 1.03 bits per heavy atom. The number of benzene rings is 2. The van der Waals surface area contributed by atoms with Gasteiger partial charge in [0.25, 0.3) is 5.56 Å². The van der Waals surface area contributed by atoms with Crippen molar-refractivity contribution in [3.8, 4) is 0 Å². The van der Waals surface area contributed by atoms with Gasteiger partial charge in [0.1, 0.15) is 6.54 Å². The van der Waals surface area contributed by atoms with Crippen LogP contribution >= 0.6 is 11.6 Å². The number of amides is 2. The summed E-state index contributed by atoms with van der Waals surface area (Å²) >= 11 is 6.21. The number of aryl methyl sites for hydroxylation is 1. The Kier molecular flexibility index (Phi) is 9.22. The number of hydrogen-bond acceptors (Lipinski definition) is 5. The molecule has 0 spiro atoms. The van der Waals surface area contributed by atoms with E-state index >= 15 is 0 Å². The van der Waals surface area contributed by atoms with Crippen LogP contribution in [0.2, 0.25) is 5.02 Å². The topological polar surface area (TPSA) is 111 Å². The van der Waals surface area contributed by atoms with E-state index in [0.717, 1.165) is 10.1 Å². The minimum atomic E-state index is -0.612. The summed E-state index contributed by atoms with van der Waals surface area (Å²) in [5.74, 6) is -0.617. The van der Waals surface area contributed by atoms with Crippen molar-refractivity contribution in [2.45, 2.75) is 39.3 Å². The normalized spacial score (nSPS) is 10.9. The van der Waals surface area contributed by atoms with Crippen LogP contribution in [0.15, 0.2) is 52.1 Å². The van der Waals surface area contributed by atoms with Crippen molar-refractivity contribution in [2.75, 3.05) is 25.6 Å². The number of carbonyl (C=O) groups excluding carboxylic acids is 2. The Bertz CT molecular complexity index is 1330. The highest BCUT2D eigenvalue weighted by molar-refractivity contribution is 6.33. The van der Waals surface area contributed by atoms with E-state index in [9.17, 15) is 19.2 Å². The number of nitrogens with zero attached hydrogens (tertiary/aromatic N) is 2. The summed E-state index contributed by atoms with van der Waals surface area (Å²) in [6, 6.07) is 11.9. The molecule has 0 saturated heterocycles. The summed E-state index contributed by atoms with van der Waals surface area (Å²) in [4.78, 5) is 51.0. The average Bonchev–Trinajstić information content (AvgIpc) is 2.83. The smallest absolute Gasteiger partial charge is 0.331 e. The highest BCUT2D eigenvalue weighted by Gasteiger charge is 2.16. The van der Waals surface area contributed by atoms with Gasteiger partial charge in [0.05, 0.1) is 21.6 Å². The second kappa shape index (κ2) is 12.3. The fraction of sp³-hybridized carbons (Fsp3) is 0.360. The number of aromatic nitrogens is 2. The van der Waals surface area contributed by atoms with Crippen molar-refractivity contribution >= 4 is 40.0 Å². The van der Waals surface area contributed by atoms with E-state index in [1.807, 2.05) is 13.0 Å². The average molecular weight is 501 g/mol. The summed E-state index contributed by atoms with van der Waals surface area (Å²) < 4.78 is 7.28. The first-order valence-electron chi connectivity index (χ1n) is 11.4. The van der Waals surface area contributed by atoms with Gasteiger partial charge in [-0.15, -0.1) is 0 Å². The molecule has 0 saturated carbocycles. The van der Waals surface area contributed by atoms with Crippen LogP contribution in [0.25, 0.3) is 10.9 Å². The first-order valence-corrected chi connectivity index (χ1v) is 11.7. The lowest BCUT2D eigenvalue weighted by Gasteiger charge is -2.14. The SMILES string of the molecule is COCCCNC(=O)CCCn1c(=O)c2ccccc2n(CC(=O)Nc2ccc(C)cc2Cl)c1=O. The quantitative estimate of drug-likeness (QED) is 0.393. The number of methoxy groups -OCH3 is 1. The van der Waals surface area contributed by atoms with Crippen molar-refractivity contribution in [1.82, 2.24) is 14.5 Å². The van der Waals surface area contributed by atoms with Crippen LogP contribution in [0.5, 0.6) is 0 Å². The molecule has 1 aromatic heterocycles. The van der Waals surface area contributed by atoms with Crippen LogP contribution in [-0.2, 0) is 27.4 Å². The first kappa shape index (κ1) is 26.2. The third kappa shape index (κ3) is 6.80. The molecule has 186 valence electrons. The summed E-state index contributed by atoms with van der Waals surface area (Å²) in [6.45, 7) is 2.69. The minimum absolute atomic E-state index is 0.0550. The van der Waals surface area contributed by atoms with Crippen molar-refractivity contribution in [2.24, 2.45) is 0 Å². The lowest BCUT2D eigenvalue weighted by molar-refractivity contribution is -0.121. The monoisotopic (exact) mass is 500 g/mol. The summed E-state index contributed by atoms with van der Waals surface area (Å²) in [6.07, 6.45) is 1.17. The van der Waals surface area contributed by atoms with Crippen LogP contribution in [0.3, 0.4) is 0 Å². The molecule has 1 heterocycles. The number of nitrogens with one attached hydrogen (secondary N) is 2. The number of ether oxygens (including phenoxy) is 1. The van der Waals surface area contributed by atoms with Gasteiger partial charge in [-0.05, 0) is 49.6 Å². The van der Waals surface area contributed by atoms with Crippen molar-refractivity contribution in [1.29, 1.82) is 0 Å². The Balaban J connectivity index is 1.79. The zero-order valence-corrected chi connectivity index (χ0v) is 20.6. The third-order valence-corrected chi connectivity index (χ3v) is 5.78. The molecular weight excluding hydrogens is 472 g/mol. The van der Waals surface area contributed by atoms with E-state index in [4.69, 9.17) is 16.3 Å². The highest BCUT2D eigenvalue weighted by atomic mass is 35.5. The minimum Gasteiger partial charge on any atom is -0.385 e. The van der Waals surface area contributed by atoms with E-state index < -0.39 is 17.2 Å². The second-order valence-corrected chi connectivity index (χ2v) is 8.58. The van der Waals surface area contributed by atoms with Gasteiger partial charge in [-0.2, -0.15) is 0 Å². The number of para-hydroxylation sites is 1. The first-order chi connectivity index (χ1) is 16.8. The second-order valence-electron chi connectivity index (χ2n) is 8.17. The van der Waals surface area contributed by atoms with Gasteiger partial charge < -0.3 is 15.4 Å². The van der Waals surface area contributed by atoms with E-state index in [1.54, 1.807) is 43.5 Å².